The Morgan fingerprint density at radius 1 is 0.933 bits per heavy atom. The fourth-order valence-corrected chi connectivity index (χ4v) is 3.92. The van der Waals surface area contributed by atoms with Crippen LogP contribution < -0.4 is 14.8 Å². The summed E-state index contributed by atoms with van der Waals surface area (Å²) in [5.74, 6) is 0.398. The quantitative estimate of drug-likeness (QED) is 0.570. The van der Waals surface area contributed by atoms with Crippen LogP contribution in [0.5, 0.6) is 5.75 Å². The number of benzene rings is 3. The van der Waals surface area contributed by atoms with E-state index in [0.717, 1.165) is 16.9 Å². The van der Waals surface area contributed by atoms with Gasteiger partial charge in [-0.25, -0.2) is 8.42 Å². The molecule has 0 aromatic heterocycles. The molecule has 0 aliphatic rings. The zero-order valence-electron chi connectivity index (χ0n) is 16.9. The predicted octanol–water partition coefficient (Wildman–Crippen LogP) is 4.12. The molecule has 0 fully saturated rings. The van der Waals surface area contributed by atoms with Crippen LogP contribution in [0.15, 0.2) is 77.7 Å². The van der Waals surface area contributed by atoms with Crippen LogP contribution in [0, 0.1) is 6.92 Å². The summed E-state index contributed by atoms with van der Waals surface area (Å²) in [5, 5.41) is 2.83. The minimum absolute atomic E-state index is 0.137. The molecule has 0 unspecified atom stereocenters. The number of ether oxygens (including phenoxy) is 1. The van der Waals surface area contributed by atoms with Crippen LogP contribution in [0.3, 0.4) is 0 Å². The number of sulfonamides is 1. The zero-order valence-corrected chi connectivity index (χ0v) is 17.7. The summed E-state index contributed by atoms with van der Waals surface area (Å²) in [5.41, 5.74) is 2.34. The fraction of sp³-hybridized carbons (Fsp3) is 0.174. The molecule has 3 aromatic carbocycles. The van der Waals surface area contributed by atoms with Gasteiger partial charge in [0.1, 0.15) is 5.75 Å². The Labute approximate surface area is 177 Å². The number of hydrogen-bond acceptors (Lipinski definition) is 4. The Hall–Kier alpha value is -3.32. The zero-order chi connectivity index (χ0) is 21.6. The van der Waals surface area contributed by atoms with Gasteiger partial charge in [0, 0.05) is 6.54 Å². The van der Waals surface area contributed by atoms with Crippen molar-refractivity contribution in [1.29, 1.82) is 0 Å². The van der Waals surface area contributed by atoms with Gasteiger partial charge in [-0.1, -0.05) is 42.0 Å². The lowest BCUT2D eigenvalue weighted by Gasteiger charge is -2.13. The Morgan fingerprint density at radius 2 is 1.60 bits per heavy atom. The lowest BCUT2D eigenvalue weighted by Crippen LogP contribution is -2.25. The largest absolute Gasteiger partial charge is 0.494 e. The second-order valence-corrected chi connectivity index (χ2v) is 8.41. The number of carbonyl (C=O) groups is 1. The molecular weight excluding hydrogens is 400 g/mol. The van der Waals surface area contributed by atoms with E-state index in [1.807, 2.05) is 38.1 Å². The van der Waals surface area contributed by atoms with Gasteiger partial charge in [-0.2, -0.15) is 0 Å². The smallest absolute Gasteiger partial charge is 0.261 e. The average molecular weight is 425 g/mol. The highest BCUT2D eigenvalue weighted by molar-refractivity contribution is 7.92. The molecule has 3 aromatic rings. The molecular formula is C23H24N2O4S. The summed E-state index contributed by atoms with van der Waals surface area (Å²) < 4.78 is 33.3. The number of anilines is 1. The third kappa shape index (κ3) is 5.39. The average Bonchev–Trinajstić information content (AvgIpc) is 2.74. The lowest BCUT2D eigenvalue weighted by atomic mass is 10.1. The highest BCUT2D eigenvalue weighted by Gasteiger charge is 2.18. The lowest BCUT2D eigenvalue weighted by molar-refractivity contribution is 0.0952. The van der Waals surface area contributed by atoms with E-state index in [-0.39, 0.29) is 22.1 Å². The first kappa shape index (κ1) is 21.4. The highest BCUT2D eigenvalue weighted by atomic mass is 32.2. The highest BCUT2D eigenvalue weighted by Crippen LogP contribution is 2.21. The van der Waals surface area contributed by atoms with Crippen molar-refractivity contribution in [2.75, 3.05) is 11.3 Å². The van der Waals surface area contributed by atoms with Gasteiger partial charge in [0.25, 0.3) is 15.9 Å². The Bertz CT molecular complexity index is 1110. The third-order valence-electron chi connectivity index (χ3n) is 4.43. The van der Waals surface area contributed by atoms with Crippen molar-refractivity contribution in [3.63, 3.8) is 0 Å². The monoisotopic (exact) mass is 424 g/mol. The number of aryl methyl sites for hydroxylation is 1. The van der Waals surface area contributed by atoms with E-state index in [9.17, 15) is 13.2 Å². The third-order valence-corrected chi connectivity index (χ3v) is 5.82. The molecule has 0 saturated carbocycles. The summed E-state index contributed by atoms with van der Waals surface area (Å²) >= 11 is 0. The molecule has 1 amide bonds. The second kappa shape index (κ2) is 9.45. The summed E-state index contributed by atoms with van der Waals surface area (Å²) in [6.45, 7) is 4.70. The molecule has 0 bridgehead atoms. The molecule has 0 spiro atoms. The number of carbonyl (C=O) groups excluding carboxylic acids is 1. The van der Waals surface area contributed by atoms with E-state index in [1.165, 1.54) is 12.1 Å². The first-order valence-electron chi connectivity index (χ1n) is 9.57. The topological polar surface area (TPSA) is 84.5 Å². The summed E-state index contributed by atoms with van der Waals surface area (Å²) in [6, 6.07) is 20.5. The van der Waals surface area contributed by atoms with Crippen molar-refractivity contribution in [2.24, 2.45) is 0 Å². The standard InChI is InChI=1S/C23H24N2O4S/c1-3-29-19-12-10-18(11-13-19)16-24-23(26)21-6-4-5-7-22(21)25-30(27,28)20-14-8-17(2)9-15-20/h4-15,25H,3,16H2,1-2H3,(H,24,26). The molecule has 0 atom stereocenters. The van der Waals surface area contributed by atoms with Gasteiger partial charge in [-0.05, 0) is 55.8 Å². The van der Waals surface area contributed by atoms with E-state index >= 15 is 0 Å². The van der Waals surface area contributed by atoms with Gasteiger partial charge in [-0.3, -0.25) is 9.52 Å². The Balaban J connectivity index is 1.72. The van der Waals surface area contributed by atoms with Crippen molar-refractivity contribution < 1.29 is 17.9 Å². The van der Waals surface area contributed by atoms with E-state index in [2.05, 4.69) is 10.0 Å². The van der Waals surface area contributed by atoms with Gasteiger partial charge in [-0.15, -0.1) is 0 Å². The Kier molecular flexibility index (Phi) is 6.74. The van der Waals surface area contributed by atoms with Crippen molar-refractivity contribution in [1.82, 2.24) is 5.32 Å². The van der Waals surface area contributed by atoms with E-state index in [4.69, 9.17) is 4.74 Å². The van der Waals surface area contributed by atoms with Gasteiger partial charge >= 0.3 is 0 Å². The van der Waals surface area contributed by atoms with Crippen LogP contribution in [0.25, 0.3) is 0 Å². The van der Waals surface area contributed by atoms with Crippen molar-refractivity contribution in [3.05, 3.63) is 89.5 Å². The van der Waals surface area contributed by atoms with E-state index < -0.39 is 10.0 Å². The van der Waals surface area contributed by atoms with E-state index in [1.54, 1.807) is 36.4 Å². The number of rotatable bonds is 8. The molecule has 0 heterocycles. The maximum Gasteiger partial charge on any atom is 0.261 e. The molecule has 7 heteroatoms. The van der Waals surface area contributed by atoms with Crippen LogP contribution in [0.1, 0.15) is 28.4 Å². The van der Waals surface area contributed by atoms with Crippen LogP contribution >= 0.6 is 0 Å². The fourth-order valence-electron chi connectivity index (χ4n) is 2.84. The number of hydrogen-bond donors (Lipinski definition) is 2. The summed E-state index contributed by atoms with van der Waals surface area (Å²) in [7, 11) is -3.81. The number of amides is 1. The van der Waals surface area contributed by atoms with Crippen molar-refractivity contribution in [2.45, 2.75) is 25.3 Å². The maximum atomic E-state index is 12.7. The molecule has 6 nitrogen and oxygen atoms in total. The van der Waals surface area contributed by atoms with Crippen molar-refractivity contribution >= 4 is 21.6 Å². The van der Waals surface area contributed by atoms with Gasteiger partial charge in [0.2, 0.25) is 0 Å². The first-order valence-corrected chi connectivity index (χ1v) is 11.1. The van der Waals surface area contributed by atoms with Crippen LogP contribution in [0.4, 0.5) is 5.69 Å². The van der Waals surface area contributed by atoms with Gasteiger partial charge in [0.05, 0.1) is 22.8 Å². The molecule has 0 saturated heterocycles. The van der Waals surface area contributed by atoms with Crippen molar-refractivity contribution in [3.8, 4) is 5.75 Å². The summed E-state index contributed by atoms with van der Waals surface area (Å²) in [4.78, 5) is 12.8. The Morgan fingerprint density at radius 3 is 2.27 bits per heavy atom. The summed E-state index contributed by atoms with van der Waals surface area (Å²) in [6.07, 6.45) is 0. The predicted molar refractivity (Wildman–Crippen MR) is 117 cm³/mol. The molecule has 30 heavy (non-hydrogen) atoms. The minimum atomic E-state index is -3.81. The molecule has 0 radical (unpaired) electrons. The first-order chi connectivity index (χ1) is 14.4. The second-order valence-electron chi connectivity index (χ2n) is 6.72. The molecule has 156 valence electrons. The molecule has 2 N–H and O–H groups in total. The SMILES string of the molecule is CCOc1ccc(CNC(=O)c2ccccc2NS(=O)(=O)c2ccc(C)cc2)cc1. The number of para-hydroxylation sites is 1. The van der Waals surface area contributed by atoms with Gasteiger partial charge < -0.3 is 10.1 Å². The number of nitrogens with one attached hydrogen (secondary N) is 2. The normalized spacial score (nSPS) is 11.0. The van der Waals surface area contributed by atoms with E-state index in [0.29, 0.717) is 13.2 Å². The maximum absolute atomic E-state index is 12.7. The van der Waals surface area contributed by atoms with Gasteiger partial charge in [0.15, 0.2) is 0 Å². The van der Waals surface area contributed by atoms with Crippen LogP contribution in [0.2, 0.25) is 0 Å². The molecule has 0 aliphatic heterocycles. The minimum Gasteiger partial charge on any atom is -0.494 e. The molecule has 0 aliphatic carbocycles. The van der Waals surface area contributed by atoms with Crippen LogP contribution in [-0.4, -0.2) is 20.9 Å². The van der Waals surface area contributed by atoms with Crippen LogP contribution in [-0.2, 0) is 16.6 Å². The molecule has 3 rings (SSSR count).